The van der Waals surface area contributed by atoms with E-state index in [4.69, 9.17) is 5.73 Å². The number of nitrogens with zero attached hydrogens (tertiary/aromatic N) is 1. The van der Waals surface area contributed by atoms with Gasteiger partial charge in [0.05, 0.1) is 4.47 Å². The standard InChI is InChI=1S/C11H16BrFN2O2S/c1-4-15(7(2)3)18(16,17)10-6-8(14)5-9(12)11(10)13/h5-7H,4,14H2,1-3H3. The predicted octanol–water partition coefficient (Wildman–Crippen LogP) is 2.59. The van der Waals surface area contributed by atoms with Crippen molar-refractivity contribution in [1.29, 1.82) is 0 Å². The van der Waals surface area contributed by atoms with Crippen molar-refractivity contribution < 1.29 is 12.8 Å². The van der Waals surface area contributed by atoms with Crippen LogP contribution in [0.3, 0.4) is 0 Å². The van der Waals surface area contributed by atoms with Crippen LogP contribution in [0.2, 0.25) is 0 Å². The lowest BCUT2D eigenvalue weighted by Gasteiger charge is -2.24. The Morgan fingerprint density at radius 3 is 2.44 bits per heavy atom. The van der Waals surface area contributed by atoms with Crippen LogP contribution in [0.4, 0.5) is 10.1 Å². The molecule has 0 saturated carbocycles. The first kappa shape index (κ1) is 15.4. The second-order valence-electron chi connectivity index (χ2n) is 4.12. The first-order valence-corrected chi connectivity index (χ1v) is 7.71. The van der Waals surface area contributed by atoms with Crippen molar-refractivity contribution in [2.24, 2.45) is 0 Å². The van der Waals surface area contributed by atoms with Crippen molar-refractivity contribution in [3.63, 3.8) is 0 Å². The third-order valence-corrected chi connectivity index (χ3v) is 5.22. The lowest BCUT2D eigenvalue weighted by atomic mass is 10.3. The van der Waals surface area contributed by atoms with Crippen molar-refractivity contribution in [1.82, 2.24) is 4.31 Å². The maximum atomic E-state index is 13.9. The van der Waals surface area contributed by atoms with E-state index in [-0.39, 0.29) is 22.7 Å². The predicted molar refractivity (Wildman–Crippen MR) is 73.2 cm³/mol. The summed E-state index contributed by atoms with van der Waals surface area (Å²) in [7, 11) is -3.88. The molecule has 0 radical (unpaired) electrons. The number of anilines is 1. The summed E-state index contributed by atoms with van der Waals surface area (Å²) < 4.78 is 39.9. The van der Waals surface area contributed by atoms with Gasteiger partial charge in [-0.1, -0.05) is 6.92 Å². The molecular weight excluding hydrogens is 323 g/mol. The highest BCUT2D eigenvalue weighted by Crippen LogP contribution is 2.28. The summed E-state index contributed by atoms with van der Waals surface area (Å²) in [6, 6.07) is 2.22. The zero-order valence-electron chi connectivity index (χ0n) is 10.4. The Labute approximate surface area is 115 Å². The molecule has 0 atom stereocenters. The molecule has 0 saturated heterocycles. The Balaban J connectivity index is 3.46. The summed E-state index contributed by atoms with van der Waals surface area (Å²) in [6.07, 6.45) is 0. The summed E-state index contributed by atoms with van der Waals surface area (Å²) in [6.45, 7) is 5.45. The maximum absolute atomic E-state index is 13.9. The maximum Gasteiger partial charge on any atom is 0.246 e. The van der Waals surface area contributed by atoms with Gasteiger partial charge in [0.15, 0.2) is 5.82 Å². The molecule has 7 heteroatoms. The minimum Gasteiger partial charge on any atom is -0.399 e. The van der Waals surface area contributed by atoms with Crippen LogP contribution in [-0.2, 0) is 10.0 Å². The highest BCUT2D eigenvalue weighted by molar-refractivity contribution is 9.10. The summed E-state index contributed by atoms with van der Waals surface area (Å²) in [5, 5.41) is 0. The summed E-state index contributed by atoms with van der Waals surface area (Å²) in [4.78, 5) is -0.398. The van der Waals surface area contributed by atoms with Crippen LogP contribution in [0, 0.1) is 5.82 Å². The van der Waals surface area contributed by atoms with E-state index in [2.05, 4.69) is 15.9 Å². The number of halogens is 2. The lowest BCUT2D eigenvalue weighted by molar-refractivity contribution is 0.366. The van der Waals surface area contributed by atoms with Gasteiger partial charge < -0.3 is 5.73 Å². The van der Waals surface area contributed by atoms with Crippen LogP contribution in [0.1, 0.15) is 20.8 Å². The van der Waals surface area contributed by atoms with Crippen molar-refractivity contribution >= 4 is 31.6 Å². The zero-order valence-corrected chi connectivity index (χ0v) is 12.8. The van der Waals surface area contributed by atoms with Gasteiger partial charge in [-0.3, -0.25) is 0 Å². The topological polar surface area (TPSA) is 63.4 Å². The average molecular weight is 339 g/mol. The van der Waals surface area contributed by atoms with Crippen LogP contribution in [-0.4, -0.2) is 25.3 Å². The third-order valence-electron chi connectivity index (χ3n) is 2.49. The molecule has 4 nitrogen and oxygen atoms in total. The molecule has 0 fully saturated rings. The number of rotatable bonds is 4. The van der Waals surface area contributed by atoms with Gasteiger partial charge in [-0.15, -0.1) is 0 Å². The van der Waals surface area contributed by atoms with Crippen LogP contribution in [0.15, 0.2) is 21.5 Å². The number of sulfonamides is 1. The molecule has 0 aliphatic heterocycles. The van der Waals surface area contributed by atoms with Gasteiger partial charge in [0, 0.05) is 18.3 Å². The molecule has 1 aromatic carbocycles. The lowest BCUT2D eigenvalue weighted by Crippen LogP contribution is -2.37. The summed E-state index contributed by atoms with van der Waals surface area (Å²) in [5.74, 6) is -0.816. The minimum atomic E-state index is -3.88. The molecule has 1 aromatic rings. The van der Waals surface area contributed by atoms with E-state index in [1.165, 1.54) is 10.4 Å². The van der Waals surface area contributed by atoms with E-state index in [9.17, 15) is 12.8 Å². The Hall–Kier alpha value is -0.660. The number of benzene rings is 1. The monoisotopic (exact) mass is 338 g/mol. The van der Waals surface area contributed by atoms with Gasteiger partial charge in [0.25, 0.3) is 0 Å². The molecule has 0 bridgehead atoms. The number of nitrogens with two attached hydrogens (primary N) is 1. The Kier molecular flexibility index (Phi) is 4.74. The second kappa shape index (κ2) is 5.54. The molecule has 0 spiro atoms. The smallest absolute Gasteiger partial charge is 0.246 e. The van der Waals surface area contributed by atoms with Crippen LogP contribution < -0.4 is 5.73 Å². The quantitative estimate of drug-likeness (QED) is 0.858. The van der Waals surface area contributed by atoms with Gasteiger partial charge in [-0.2, -0.15) is 4.31 Å². The van der Waals surface area contributed by atoms with E-state index in [1.54, 1.807) is 20.8 Å². The minimum absolute atomic E-state index is 0.0425. The molecular formula is C11H16BrFN2O2S. The first-order chi connectivity index (χ1) is 8.21. The van der Waals surface area contributed by atoms with E-state index in [0.29, 0.717) is 0 Å². The number of hydrogen-bond acceptors (Lipinski definition) is 3. The van der Waals surface area contributed by atoms with Crippen molar-refractivity contribution in [2.75, 3.05) is 12.3 Å². The van der Waals surface area contributed by atoms with Crippen LogP contribution in [0.5, 0.6) is 0 Å². The summed E-state index contributed by atoms with van der Waals surface area (Å²) >= 11 is 2.96. The van der Waals surface area contributed by atoms with Gasteiger partial charge >= 0.3 is 0 Å². The molecule has 18 heavy (non-hydrogen) atoms. The number of nitrogen functional groups attached to an aromatic ring is 1. The average Bonchev–Trinajstić information content (AvgIpc) is 2.23. The van der Waals surface area contributed by atoms with Crippen molar-refractivity contribution in [3.8, 4) is 0 Å². The van der Waals surface area contributed by atoms with Crippen LogP contribution in [0.25, 0.3) is 0 Å². The van der Waals surface area contributed by atoms with Crippen molar-refractivity contribution in [3.05, 3.63) is 22.4 Å². The van der Waals surface area contributed by atoms with E-state index >= 15 is 0 Å². The van der Waals surface area contributed by atoms with Crippen LogP contribution >= 0.6 is 15.9 Å². The van der Waals surface area contributed by atoms with Gasteiger partial charge in [-0.05, 0) is 41.9 Å². The fourth-order valence-corrected chi connectivity index (χ4v) is 4.09. The van der Waals surface area contributed by atoms with Gasteiger partial charge in [0.2, 0.25) is 10.0 Å². The normalized spacial score (nSPS) is 12.4. The molecule has 0 heterocycles. The van der Waals surface area contributed by atoms with E-state index < -0.39 is 20.7 Å². The second-order valence-corrected chi connectivity index (χ2v) is 6.83. The van der Waals surface area contributed by atoms with Gasteiger partial charge in [0.1, 0.15) is 4.90 Å². The fraction of sp³-hybridized carbons (Fsp3) is 0.455. The molecule has 2 N–H and O–H groups in total. The molecule has 1 rings (SSSR count). The third kappa shape index (κ3) is 2.84. The van der Waals surface area contributed by atoms with E-state index in [0.717, 1.165) is 6.07 Å². The Morgan fingerprint density at radius 1 is 1.44 bits per heavy atom. The zero-order chi connectivity index (χ0) is 14.1. The molecule has 0 aliphatic rings. The largest absolute Gasteiger partial charge is 0.399 e. The highest BCUT2D eigenvalue weighted by atomic mass is 79.9. The number of hydrogen-bond donors (Lipinski definition) is 1. The van der Waals surface area contributed by atoms with Gasteiger partial charge in [-0.25, -0.2) is 12.8 Å². The molecule has 0 aliphatic carbocycles. The Bertz CT molecular complexity index is 546. The SMILES string of the molecule is CCN(C(C)C)S(=O)(=O)c1cc(N)cc(Br)c1F. The molecule has 0 aromatic heterocycles. The van der Waals surface area contributed by atoms with E-state index in [1.807, 2.05) is 0 Å². The fourth-order valence-electron chi connectivity index (χ4n) is 1.71. The highest BCUT2D eigenvalue weighted by Gasteiger charge is 2.29. The Morgan fingerprint density at radius 2 is 2.00 bits per heavy atom. The molecule has 0 unspecified atom stereocenters. The molecule has 102 valence electrons. The van der Waals surface area contributed by atoms with Crippen molar-refractivity contribution in [2.45, 2.75) is 31.7 Å². The summed E-state index contributed by atoms with van der Waals surface area (Å²) in [5.41, 5.74) is 5.76. The molecule has 0 amide bonds. The first-order valence-electron chi connectivity index (χ1n) is 5.48.